The third kappa shape index (κ3) is 5.11. The summed E-state index contributed by atoms with van der Waals surface area (Å²) in [4.78, 5) is 0. The standard InChI is InChI=1S/C18H34OSi/c1-8-10-11-12-13-14-16-18(19,15-9-2)20(6,7)17(3,4)5/h9,19H,2,8,10-13,15H2,1,3-7H3. The van der Waals surface area contributed by atoms with Crippen molar-refractivity contribution >= 4 is 8.07 Å². The Hall–Kier alpha value is -0.523. The molecule has 0 bridgehead atoms. The van der Waals surface area contributed by atoms with E-state index in [1.165, 1.54) is 19.3 Å². The van der Waals surface area contributed by atoms with Crippen molar-refractivity contribution in [2.75, 3.05) is 0 Å². The minimum atomic E-state index is -1.94. The highest BCUT2D eigenvalue weighted by Crippen LogP contribution is 2.43. The zero-order chi connectivity index (χ0) is 15.9. The van der Waals surface area contributed by atoms with Gasteiger partial charge in [0.15, 0.2) is 0 Å². The summed E-state index contributed by atoms with van der Waals surface area (Å²) in [5.41, 5.74) is 0. The van der Waals surface area contributed by atoms with Gasteiger partial charge in [-0.3, -0.25) is 0 Å². The Bertz CT molecular complexity index is 354. The fourth-order valence-corrected chi connectivity index (χ4v) is 4.44. The van der Waals surface area contributed by atoms with Gasteiger partial charge in [-0.2, -0.15) is 0 Å². The average molecular weight is 295 g/mol. The lowest BCUT2D eigenvalue weighted by Crippen LogP contribution is -2.58. The first kappa shape index (κ1) is 19.5. The van der Waals surface area contributed by atoms with Crippen LogP contribution in [0.5, 0.6) is 0 Å². The molecule has 0 saturated carbocycles. The van der Waals surface area contributed by atoms with E-state index in [9.17, 15) is 5.11 Å². The number of hydrogen-bond acceptors (Lipinski definition) is 1. The maximum Gasteiger partial charge on any atom is 0.116 e. The molecule has 1 N–H and O–H groups in total. The van der Waals surface area contributed by atoms with Gasteiger partial charge in [-0.25, -0.2) is 0 Å². The molecule has 116 valence electrons. The highest BCUT2D eigenvalue weighted by atomic mass is 28.3. The zero-order valence-electron chi connectivity index (χ0n) is 14.5. The maximum absolute atomic E-state index is 11.1. The summed E-state index contributed by atoms with van der Waals surface area (Å²) in [5, 5.41) is 10.3. The van der Waals surface area contributed by atoms with Crippen molar-refractivity contribution in [3.05, 3.63) is 12.7 Å². The van der Waals surface area contributed by atoms with Crippen LogP contribution in [0.3, 0.4) is 0 Å². The highest BCUT2D eigenvalue weighted by Gasteiger charge is 2.50. The first-order chi connectivity index (χ1) is 9.12. The smallest absolute Gasteiger partial charge is 0.116 e. The van der Waals surface area contributed by atoms with Crippen LogP contribution in [-0.2, 0) is 0 Å². The minimum Gasteiger partial charge on any atom is -0.381 e. The third-order valence-electron chi connectivity index (χ3n) is 4.80. The van der Waals surface area contributed by atoms with E-state index in [-0.39, 0.29) is 5.04 Å². The Balaban J connectivity index is 4.94. The molecule has 2 heteroatoms. The van der Waals surface area contributed by atoms with Crippen molar-refractivity contribution in [1.29, 1.82) is 0 Å². The highest BCUT2D eigenvalue weighted by molar-refractivity contribution is 6.83. The van der Waals surface area contributed by atoms with E-state index >= 15 is 0 Å². The van der Waals surface area contributed by atoms with E-state index in [1.54, 1.807) is 0 Å². The molecule has 0 amide bonds. The largest absolute Gasteiger partial charge is 0.381 e. The summed E-state index contributed by atoms with van der Waals surface area (Å²) < 4.78 is 0. The first-order valence-corrected chi connectivity index (χ1v) is 11.0. The lowest BCUT2D eigenvalue weighted by molar-refractivity contribution is 0.173. The van der Waals surface area contributed by atoms with Gasteiger partial charge in [0.2, 0.25) is 0 Å². The molecule has 1 nitrogen and oxygen atoms in total. The predicted octanol–water partition coefficient (Wildman–Crippen LogP) is 5.32. The van der Waals surface area contributed by atoms with Gasteiger partial charge in [0.05, 0.1) is 0 Å². The van der Waals surface area contributed by atoms with Crippen LogP contribution >= 0.6 is 0 Å². The molecule has 0 aliphatic rings. The van der Waals surface area contributed by atoms with Crippen LogP contribution in [0.2, 0.25) is 18.1 Å². The van der Waals surface area contributed by atoms with Gasteiger partial charge < -0.3 is 5.11 Å². The van der Waals surface area contributed by atoms with E-state index in [0.717, 1.165) is 12.8 Å². The maximum atomic E-state index is 11.1. The van der Waals surface area contributed by atoms with E-state index in [2.05, 4.69) is 59.2 Å². The second-order valence-corrected chi connectivity index (χ2v) is 12.9. The summed E-state index contributed by atoms with van der Waals surface area (Å²) >= 11 is 0. The van der Waals surface area contributed by atoms with E-state index < -0.39 is 13.3 Å². The number of unbranched alkanes of at least 4 members (excludes halogenated alkanes) is 4. The van der Waals surface area contributed by atoms with E-state index in [4.69, 9.17) is 0 Å². The fourth-order valence-electron chi connectivity index (χ4n) is 2.14. The zero-order valence-corrected chi connectivity index (χ0v) is 15.5. The van der Waals surface area contributed by atoms with Gasteiger partial charge in [0.1, 0.15) is 13.3 Å². The Kier molecular flexibility index (Phi) is 7.84. The molecule has 0 aliphatic carbocycles. The van der Waals surface area contributed by atoms with E-state index in [1.807, 2.05) is 6.08 Å². The van der Waals surface area contributed by atoms with Crippen molar-refractivity contribution in [2.45, 2.75) is 89.6 Å². The molecule has 0 spiro atoms. The summed E-state index contributed by atoms with van der Waals surface area (Å²) in [6.07, 6.45) is 8.19. The second-order valence-electron chi connectivity index (χ2n) is 7.34. The molecular weight excluding hydrogens is 260 g/mol. The number of rotatable bonds is 7. The summed E-state index contributed by atoms with van der Waals surface area (Å²) in [6, 6.07) is 0. The van der Waals surface area contributed by atoms with Gasteiger partial charge in [-0.15, -0.1) is 12.5 Å². The van der Waals surface area contributed by atoms with Gasteiger partial charge in [0, 0.05) is 12.8 Å². The van der Waals surface area contributed by atoms with Crippen LogP contribution in [-0.4, -0.2) is 18.4 Å². The average Bonchev–Trinajstić information content (AvgIpc) is 2.32. The Morgan fingerprint density at radius 2 is 1.75 bits per heavy atom. The third-order valence-corrected chi connectivity index (χ3v) is 10.9. The molecule has 1 atom stereocenters. The Morgan fingerprint density at radius 3 is 2.20 bits per heavy atom. The summed E-state index contributed by atoms with van der Waals surface area (Å²) in [7, 11) is -1.94. The van der Waals surface area contributed by atoms with Crippen LogP contribution in [0.25, 0.3) is 0 Å². The Morgan fingerprint density at radius 1 is 1.15 bits per heavy atom. The number of hydrogen-bond donors (Lipinski definition) is 1. The SMILES string of the molecule is C=CCC(O)(C#CCCCCCC)[Si](C)(C)C(C)(C)C. The van der Waals surface area contributed by atoms with Crippen LogP contribution in [0.1, 0.15) is 66.2 Å². The topological polar surface area (TPSA) is 20.2 Å². The normalized spacial score (nSPS) is 15.2. The van der Waals surface area contributed by atoms with Gasteiger partial charge in [-0.05, 0) is 11.5 Å². The molecule has 0 heterocycles. The van der Waals surface area contributed by atoms with Crippen LogP contribution in [0, 0.1) is 11.8 Å². The van der Waals surface area contributed by atoms with Crippen LogP contribution < -0.4 is 0 Å². The van der Waals surface area contributed by atoms with Gasteiger partial charge >= 0.3 is 0 Å². The molecule has 0 fully saturated rings. The van der Waals surface area contributed by atoms with Crippen LogP contribution in [0.4, 0.5) is 0 Å². The second kappa shape index (κ2) is 8.05. The molecule has 0 rings (SSSR count). The predicted molar refractivity (Wildman–Crippen MR) is 93.5 cm³/mol. The summed E-state index contributed by atoms with van der Waals surface area (Å²) in [5.74, 6) is 6.45. The van der Waals surface area contributed by atoms with E-state index in [0.29, 0.717) is 6.42 Å². The minimum absolute atomic E-state index is 0.113. The molecule has 0 aromatic carbocycles. The molecule has 0 aliphatic heterocycles. The van der Waals surface area contributed by atoms with Crippen molar-refractivity contribution < 1.29 is 5.11 Å². The quantitative estimate of drug-likeness (QED) is 0.292. The molecule has 0 aromatic heterocycles. The van der Waals surface area contributed by atoms with Crippen molar-refractivity contribution in [3.63, 3.8) is 0 Å². The monoisotopic (exact) mass is 294 g/mol. The molecule has 0 aromatic rings. The summed E-state index contributed by atoms with van der Waals surface area (Å²) in [6.45, 7) is 17.2. The van der Waals surface area contributed by atoms with Crippen molar-refractivity contribution in [1.82, 2.24) is 0 Å². The molecule has 0 saturated heterocycles. The fraction of sp³-hybridized carbons (Fsp3) is 0.778. The van der Waals surface area contributed by atoms with Crippen molar-refractivity contribution in [3.8, 4) is 11.8 Å². The van der Waals surface area contributed by atoms with Gasteiger partial charge in [0.25, 0.3) is 0 Å². The molecular formula is C18H34OSi. The molecule has 0 radical (unpaired) electrons. The first-order valence-electron chi connectivity index (χ1n) is 7.95. The van der Waals surface area contributed by atoms with Crippen LogP contribution in [0.15, 0.2) is 12.7 Å². The Labute approximate surface area is 127 Å². The molecule has 1 unspecified atom stereocenters. The lowest BCUT2D eigenvalue weighted by Gasteiger charge is -2.46. The lowest BCUT2D eigenvalue weighted by atomic mass is 10.1. The molecule has 20 heavy (non-hydrogen) atoms. The van der Waals surface area contributed by atoms with Crippen molar-refractivity contribution in [2.24, 2.45) is 0 Å². The van der Waals surface area contributed by atoms with Gasteiger partial charge in [-0.1, -0.05) is 72.0 Å². The number of aliphatic hydroxyl groups is 1.